The van der Waals surface area contributed by atoms with E-state index in [1.54, 1.807) is 0 Å². The van der Waals surface area contributed by atoms with E-state index in [9.17, 15) is 0 Å². The zero-order chi connectivity index (χ0) is 15.1. The molecular weight excluding hydrogens is 314 g/mol. The average Bonchev–Trinajstić information content (AvgIpc) is 2.44. The van der Waals surface area contributed by atoms with Gasteiger partial charge in [0.2, 0.25) is 0 Å². The molecule has 1 aromatic heterocycles. The number of nitrogens with one attached hydrogen (secondary N) is 1. The summed E-state index contributed by atoms with van der Waals surface area (Å²) in [6.07, 6.45) is 7.46. The van der Waals surface area contributed by atoms with Crippen LogP contribution >= 0.6 is 15.9 Å². The van der Waals surface area contributed by atoms with Crippen LogP contribution in [0.15, 0.2) is 10.5 Å². The fraction of sp³-hybridized carbons (Fsp3) is 0.688. The number of halogens is 1. The molecule has 3 N–H and O–H groups in total. The van der Waals surface area contributed by atoms with E-state index < -0.39 is 0 Å². The highest BCUT2D eigenvalue weighted by Crippen LogP contribution is 2.29. The second kappa shape index (κ2) is 8.50. The average molecular weight is 342 g/mol. The van der Waals surface area contributed by atoms with Crippen LogP contribution in [0.1, 0.15) is 51.6 Å². The quantitative estimate of drug-likeness (QED) is 0.795. The first-order valence-corrected chi connectivity index (χ1v) is 8.35. The van der Waals surface area contributed by atoms with Crippen molar-refractivity contribution in [1.29, 1.82) is 0 Å². The number of hydrogen-bond acceptors (Lipinski definition) is 3. The van der Waals surface area contributed by atoms with Crippen LogP contribution in [0.5, 0.6) is 0 Å². The van der Waals surface area contributed by atoms with E-state index in [-0.39, 0.29) is 0 Å². The van der Waals surface area contributed by atoms with Crippen LogP contribution in [-0.4, -0.2) is 12.0 Å². The third kappa shape index (κ3) is 5.31. The molecule has 0 atom stereocenters. The van der Waals surface area contributed by atoms with E-state index >= 15 is 0 Å². The topological polar surface area (TPSA) is 50.9 Å². The number of hydrogen-bond donors (Lipinski definition) is 2. The third-order valence-corrected chi connectivity index (χ3v) is 4.64. The summed E-state index contributed by atoms with van der Waals surface area (Å²) in [7, 11) is 1.82. The van der Waals surface area contributed by atoms with Crippen LogP contribution in [0.4, 0.5) is 11.5 Å². The SMILES string of the molecule is CC(C)C1CCCCC1.CNc1nc(C)c(N)cc1Br. The van der Waals surface area contributed by atoms with Gasteiger partial charge in [0.05, 0.1) is 15.9 Å². The highest BCUT2D eigenvalue weighted by molar-refractivity contribution is 9.10. The Balaban J connectivity index is 0.000000204. The molecule has 1 aliphatic rings. The molecule has 1 fully saturated rings. The van der Waals surface area contributed by atoms with Gasteiger partial charge in [0.15, 0.2) is 0 Å². The van der Waals surface area contributed by atoms with Crippen LogP contribution in [0.3, 0.4) is 0 Å². The summed E-state index contributed by atoms with van der Waals surface area (Å²) in [4.78, 5) is 4.21. The van der Waals surface area contributed by atoms with Crippen molar-refractivity contribution in [2.45, 2.75) is 52.9 Å². The maximum atomic E-state index is 5.62. The standard InChI is InChI=1S/C9H18.C7H10BrN3/c1-8(2)9-6-4-3-5-7-9;1-4-6(9)3-5(8)7(10-2)11-4/h8-9H,3-7H2,1-2H3;3H,9H2,1-2H3,(H,10,11). The van der Waals surface area contributed by atoms with Crippen LogP contribution in [-0.2, 0) is 0 Å². The molecule has 0 amide bonds. The molecule has 3 nitrogen and oxygen atoms in total. The summed E-state index contributed by atoms with van der Waals surface area (Å²) in [6.45, 7) is 6.59. The number of nitrogen functional groups attached to an aromatic ring is 1. The van der Waals surface area contributed by atoms with Crippen LogP contribution in [0, 0.1) is 18.8 Å². The van der Waals surface area contributed by atoms with Gasteiger partial charge in [-0.05, 0) is 40.8 Å². The van der Waals surface area contributed by atoms with Crippen molar-refractivity contribution in [3.05, 3.63) is 16.2 Å². The minimum atomic E-state index is 0.705. The van der Waals surface area contributed by atoms with Gasteiger partial charge in [-0.2, -0.15) is 0 Å². The Hall–Kier alpha value is -0.770. The van der Waals surface area contributed by atoms with Gasteiger partial charge in [0, 0.05) is 7.05 Å². The first kappa shape index (κ1) is 17.3. The van der Waals surface area contributed by atoms with Crippen LogP contribution in [0.25, 0.3) is 0 Å². The van der Waals surface area contributed by atoms with Gasteiger partial charge in [0.25, 0.3) is 0 Å². The number of nitrogens with zero attached hydrogens (tertiary/aromatic N) is 1. The highest BCUT2D eigenvalue weighted by Gasteiger charge is 2.15. The van der Waals surface area contributed by atoms with Crippen molar-refractivity contribution in [3.8, 4) is 0 Å². The second-order valence-corrected chi connectivity index (χ2v) is 6.74. The fourth-order valence-corrected chi connectivity index (χ4v) is 3.10. The third-order valence-electron chi connectivity index (χ3n) is 4.04. The van der Waals surface area contributed by atoms with E-state index in [0.29, 0.717) is 5.69 Å². The van der Waals surface area contributed by atoms with E-state index in [1.807, 2.05) is 20.0 Å². The first-order chi connectivity index (χ1) is 9.45. The number of aromatic nitrogens is 1. The normalized spacial score (nSPS) is 15.7. The Morgan fingerprint density at radius 3 is 2.35 bits per heavy atom. The minimum absolute atomic E-state index is 0.705. The Kier molecular flexibility index (Phi) is 7.35. The van der Waals surface area contributed by atoms with Gasteiger partial charge >= 0.3 is 0 Å². The molecule has 1 heterocycles. The molecule has 1 aliphatic carbocycles. The van der Waals surface area contributed by atoms with Gasteiger partial charge < -0.3 is 11.1 Å². The summed E-state index contributed by atoms with van der Waals surface area (Å²) in [5.74, 6) is 2.81. The molecule has 0 radical (unpaired) electrons. The molecule has 114 valence electrons. The van der Waals surface area contributed by atoms with Crippen molar-refractivity contribution in [1.82, 2.24) is 4.98 Å². The molecule has 0 aromatic carbocycles. The summed E-state index contributed by atoms with van der Waals surface area (Å²) >= 11 is 3.34. The van der Waals surface area contributed by atoms with E-state index in [2.05, 4.69) is 40.1 Å². The molecule has 4 heteroatoms. The number of aryl methyl sites for hydroxylation is 1. The summed E-state index contributed by atoms with van der Waals surface area (Å²) in [5, 5.41) is 2.95. The predicted octanol–water partition coefficient (Wildman–Crippen LogP) is 5.00. The van der Waals surface area contributed by atoms with Crippen molar-refractivity contribution in [3.63, 3.8) is 0 Å². The Labute approximate surface area is 131 Å². The van der Waals surface area contributed by atoms with E-state index in [1.165, 1.54) is 32.1 Å². The molecular formula is C16H28BrN3. The lowest BCUT2D eigenvalue weighted by Crippen LogP contribution is -2.12. The van der Waals surface area contributed by atoms with Gasteiger partial charge in [0.1, 0.15) is 5.82 Å². The molecule has 1 saturated carbocycles. The van der Waals surface area contributed by atoms with Crippen molar-refractivity contribution in [2.75, 3.05) is 18.1 Å². The summed E-state index contributed by atoms with van der Waals surface area (Å²) in [5.41, 5.74) is 7.17. The van der Waals surface area contributed by atoms with Crippen LogP contribution < -0.4 is 11.1 Å². The molecule has 0 unspecified atom stereocenters. The van der Waals surface area contributed by atoms with Crippen molar-refractivity contribution >= 4 is 27.4 Å². The van der Waals surface area contributed by atoms with E-state index in [0.717, 1.165) is 27.8 Å². The maximum absolute atomic E-state index is 5.62. The lowest BCUT2D eigenvalue weighted by Gasteiger charge is -2.24. The van der Waals surface area contributed by atoms with Gasteiger partial charge in [-0.25, -0.2) is 4.98 Å². The first-order valence-electron chi connectivity index (χ1n) is 7.56. The molecule has 1 aromatic rings. The van der Waals surface area contributed by atoms with Crippen molar-refractivity contribution < 1.29 is 0 Å². The monoisotopic (exact) mass is 341 g/mol. The fourth-order valence-electron chi connectivity index (χ4n) is 2.57. The largest absolute Gasteiger partial charge is 0.397 e. The number of rotatable bonds is 2. The Morgan fingerprint density at radius 1 is 1.30 bits per heavy atom. The van der Waals surface area contributed by atoms with Gasteiger partial charge in [-0.1, -0.05) is 46.0 Å². The number of anilines is 2. The molecule has 0 spiro atoms. The molecule has 0 bridgehead atoms. The second-order valence-electron chi connectivity index (χ2n) is 5.89. The number of nitrogens with two attached hydrogens (primary N) is 1. The molecule has 2 rings (SSSR count). The summed E-state index contributed by atoms with van der Waals surface area (Å²) < 4.78 is 0.892. The zero-order valence-corrected chi connectivity index (χ0v) is 14.8. The maximum Gasteiger partial charge on any atom is 0.140 e. The van der Waals surface area contributed by atoms with Crippen LogP contribution in [0.2, 0.25) is 0 Å². The highest BCUT2D eigenvalue weighted by atomic mass is 79.9. The lowest BCUT2D eigenvalue weighted by atomic mass is 9.82. The Bertz CT molecular complexity index is 412. The summed E-state index contributed by atoms with van der Waals surface area (Å²) in [6, 6.07) is 1.84. The van der Waals surface area contributed by atoms with Gasteiger partial charge in [-0.15, -0.1) is 0 Å². The zero-order valence-electron chi connectivity index (χ0n) is 13.2. The van der Waals surface area contributed by atoms with Crippen molar-refractivity contribution in [2.24, 2.45) is 11.8 Å². The van der Waals surface area contributed by atoms with Gasteiger partial charge in [-0.3, -0.25) is 0 Å². The number of pyridine rings is 1. The van der Waals surface area contributed by atoms with E-state index in [4.69, 9.17) is 5.73 Å². The molecule has 0 aliphatic heterocycles. The molecule has 20 heavy (non-hydrogen) atoms. The minimum Gasteiger partial charge on any atom is -0.397 e. The lowest BCUT2D eigenvalue weighted by molar-refractivity contribution is 0.279. The molecule has 0 saturated heterocycles. The Morgan fingerprint density at radius 2 is 1.90 bits per heavy atom. The smallest absolute Gasteiger partial charge is 0.140 e. The predicted molar refractivity (Wildman–Crippen MR) is 92.0 cm³/mol.